The Morgan fingerprint density at radius 1 is 0.947 bits per heavy atom. The lowest BCUT2D eigenvalue weighted by molar-refractivity contribution is -0.144. The first-order chi connectivity index (χ1) is 18.2. The van der Waals surface area contributed by atoms with Gasteiger partial charge in [-0.3, -0.25) is 14.5 Å². The third kappa shape index (κ3) is 6.62. The van der Waals surface area contributed by atoms with E-state index in [1.54, 1.807) is 17.0 Å². The summed E-state index contributed by atoms with van der Waals surface area (Å²) >= 11 is 0. The van der Waals surface area contributed by atoms with Gasteiger partial charge in [-0.1, -0.05) is 38.8 Å². The number of unbranched alkanes of at least 4 members (excludes halogenated alkanes) is 2. The molecule has 0 unspecified atom stereocenters. The van der Waals surface area contributed by atoms with Crippen molar-refractivity contribution in [2.75, 3.05) is 40.4 Å². The van der Waals surface area contributed by atoms with Gasteiger partial charge in [-0.2, -0.15) is 0 Å². The minimum atomic E-state index is -1.10. The van der Waals surface area contributed by atoms with Gasteiger partial charge < -0.3 is 19.5 Å². The van der Waals surface area contributed by atoms with E-state index < -0.39 is 35.5 Å². The number of carbonyl (C=O) groups excluding carboxylic acids is 1. The fourth-order valence-electron chi connectivity index (χ4n) is 5.24. The molecule has 1 aliphatic heterocycles. The molecule has 3 atom stereocenters. The van der Waals surface area contributed by atoms with Crippen LogP contribution >= 0.6 is 0 Å². The Hall–Kier alpha value is -3.20. The first-order valence-electron chi connectivity index (χ1n) is 13.2. The number of hydrogen-bond acceptors (Lipinski definition) is 5. The number of benzene rings is 2. The molecule has 7 nitrogen and oxygen atoms in total. The molecule has 1 saturated heterocycles. The molecule has 38 heavy (non-hydrogen) atoms. The number of amides is 1. The molecule has 0 bridgehead atoms. The summed E-state index contributed by atoms with van der Waals surface area (Å²) < 4.78 is 39.4. The van der Waals surface area contributed by atoms with E-state index in [0.717, 1.165) is 25.7 Å². The quantitative estimate of drug-likeness (QED) is 0.380. The Morgan fingerprint density at radius 3 is 1.95 bits per heavy atom. The number of methoxy groups -OCH3 is 2. The van der Waals surface area contributed by atoms with E-state index in [1.165, 1.54) is 38.5 Å². The summed E-state index contributed by atoms with van der Waals surface area (Å²) in [5, 5.41) is 10.4. The molecule has 208 valence electrons. The number of carboxylic acid groups (broad SMARTS) is 1. The zero-order valence-corrected chi connectivity index (χ0v) is 22.6. The number of aliphatic carboxylic acids is 1. The molecule has 1 heterocycles. The summed E-state index contributed by atoms with van der Waals surface area (Å²) in [4.78, 5) is 29.8. The number of nitrogens with zero attached hydrogens (tertiary/aromatic N) is 2. The van der Waals surface area contributed by atoms with Crippen LogP contribution in [0.1, 0.15) is 62.6 Å². The van der Waals surface area contributed by atoms with Gasteiger partial charge in [-0.15, -0.1) is 0 Å². The zero-order valence-electron chi connectivity index (χ0n) is 22.6. The lowest BCUT2D eigenvalue weighted by atomic mass is 9.82. The smallest absolute Gasteiger partial charge is 0.309 e. The molecule has 1 N–H and O–H groups in total. The Kier molecular flexibility index (Phi) is 10.5. The van der Waals surface area contributed by atoms with Crippen LogP contribution in [-0.2, 0) is 9.59 Å². The average Bonchev–Trinajstić information content (AvgIpc) is 3.27. The summed E-state index contributed by atoms with van der Waals surface area (Å²) in [5.74, 6) is -3.98. The monoisotopic (exact) mass is 532 g/mol. The number of rotatable bonds is 13. The fraction of sp³-hybridized carbons (Fsp3) is 0.517. The maximum atomic E-state index is 14.8. The van der Waals surface area contributed by atoms with Crippen LogP contribution in [0.15, 0.2) is 36.4 Å². The second-order valence-corrected chi connectivity index (χ2v) is 9.72. The van der Waals surface area contributed by atoms with Crippen LogP contribution in [0.25, 0.3) is 0 Å². The lowest BCUT2D eigenvalue weighted by Gasteiger charge is -2.30. The SMILES string of the molecule is CCCCN(CCCC)C(=O)CN1C[C@H](c2ccc(OC)c(F)c2)[C@H](C(=O)O)[C@H]1c1ccc(OC)c(F)c1. The molecule has 0 aliphatic carbocycles. The van der Waals surface area contributed by atoms with E-state index in [9.17, 15) is 23.5 Å². The molecular weight excluding hydrogens is 494 g/mol. The van der Waals surface area contributed by atoms with E-state index in [2.05, 4.69) is 13.8 Å². The number of halogens is 2. The van der Waals surface area contributed by atoms with Crippen molar-refractivity contribution in [2.45, 2.75) is 51.5 Å². The predicted molar refractivity (Wildman–Crippen MR) is 140 cm³/mol. The molecule has 2 aromatic rings. The van der Waals surface area contributed by atoms with Gasteiger partial charge in [0.15, 0.2) is 23.1 Å². The Morgan fingerprint density at radius 2 is 1.47 bits per heavy atom. The van der Waals surface area contributed by atoms with Crippen LogP contribution < -0.4 is 9.47 Å². The molecule has 1 aliphatic rings. The Bertz CT molecular complexity index is 1100. The summed E-state index contributed by atoms with van der Waals surface area (Å²) in [5.41, 5.74) is 0.909. The van der Waals surface area contributed by atoms with Gasteiger partial charge >= 0.3 is 5.97 Å². The third-order valence-electron chi connectivity index (χ3n) is 7.26. The third-order valence-corrected chi connectivity index (χ3v) is 7.26. The van der Waals surface area contributed by atoms with Crippen molar-refractivity contribution in [1.82, 2.24) is 9.80 Å². The lowest BCUT2D eigenvalue weighted by Crippen LogP contribution is -2.42. The molecule has 0 aromatic heterocycles. The standard InChI is InChI=1S/C29H38F2N2O5/c1-5-7-13-32(14-8-6-2)26(34)18-33-17-21(19-9-11-24(37-3)22(30)15-19)27(29(35)36)28(33)20-10-12-25(38-4)23(31)16-20/h9-12,15-16,21,27-28H,5-8,13-14,17-18H2,1-4H3,(H,35,36)/t21-,27+,28-/m1/s1. The minimum Gasteiger partial charge on any atom is -0.494 e. The molecule has 0 saturated carbocycles. The van der Waals surface area contributed by atoms with E-state index in [0.29, 0.717) is 24.2 Å². The highest BCUT2D eigenvalue weighted by Crippen LogP contribution is 2.46. The van der Waals surface area contributed by atoms with Crippen molar-refractivity contribution in [3.63, 3.8) is 0 Å². The van der Waals surface area contributed by atoms with Crippen LogP contribution in [0.4, 0.5) is 8.78 Å². The van der Waals surface area contributed by atoms with Crippen LogP contribution in [0.5, 0.6) is 11.5 Å². The van der Waals surface area contributed by atoms with Gasteiger partial charge in [0.2, 0.25) is 5.91 Å². The first kappa shape index (κ1) is 29.4. The topological polar surface area (TPSA) is 79.3 Å². The van der Waals surface area contributed by atoms with Crippen molar-refractivity contribution in [3.8, 4) is 11.5 Å². The van der Waals surface area contributed by atoms with Gasteiger partial charge in [-0.25, -0.2) is 8.78 Å². The van der Waals surface area contributed by atoms with Crippen LogP contribution in [0.3, 0.4) is 0 Å². The normalized spacial score (nSPS) is 19.4. The minimum absolute atomic E-state index is 0.0232. The molecule has 1 fully saturated rings. The second kappa shape index (κ2) is 13.6. The largest absolute Gasteiger partial charge is 0.494 e. The highest BCUT2D eigenvalue weighted by molar-refractivity contribution is 5.79. The van der Waals surface area contributed by atoms with Crippen molar-refractivity contribution in [3.05, 3.63) is 59.2 Å². The van der Waals surface area contributed by atoms with Crippen LogP contribution in [0.2, 0.25) is 0 Å². The Balaban J connectivity index is 2.03. The van der Waals surface area contributed by atoms with Crippen LogP contribution in [0, 0.1) is 17.6 Å². The van der Waals surface area contributed by atoms with Gasteiger partial charge in [-0.05, 0) is 48.2 Å². The molecular formula is C29H38F2N2O5. The maximum absolute atomic E-state index is 14.8. The summed E-state index contributed by atoms with van der Waals surface area (Å²) in [7, 11) is 2.71. The van der Waals surface area contributed by atoms with E-state index >= 15 is 0 Å². The van der Waals surface area contributed by atoms with Crippen molar-refractivity contribution >= 4 is 11.9 Å². The predicted octanol–water partition coefficient (Wildman–Crippen LogP) is 5.25. The van der Waals surface area contributed by atoms with Gasteiger partial charge in [0.25, 0.3) is 0 Å². The molecule has 2 aromatic carbocycles. The molecule has 0 radical (unpaired) electrons. The highest BCUT2D eigenvalue weighted by atomic mass is 19.1. The van der Waals surface area contributed by atoms with Crippen molar-refractivity contribution < 1.29 is 33.0 Å². The summed E-state index contributed by atoms with van der Waals surface area (Å²) in [6, 6.07) is 7.95. The van der Waals surface area contributed by atoms with E-state index in [4.69, 9.17) is 9.47 Å². The van der Waals surface area contributed by atoms with E-state index in [-0.39, 0.29) is 30.5 Å². The highest BCUT2D eigenvalue weighted by Gasteiger charge is 2.48. The molecule has 0 spiro atoms. The maximum Gasteiger partial charge on any atom is 0.309 e. The first-order valence-corrected chi connectivity index (χ1v) is 13.2. The average molecular weight is 533 g/mol. The number of carboxylic acids is 1. The van der Waals surface area contributed by atoms with Crippen LogP contribution in [-0.4, -0.2) is 67.2 Å². The van der Waals surface area contributed by atoms with Gasteiger partial charge in [0, 0.05) is 31.6 Å². The number of carbonyl (C=O) groups is 2. The fourth-order valence-corrected chi connectivity index (χ4v) is 5.24. The number of likely N-dealkylation sites (tertiary alicyclic amines) is 1. The zero-order chi connectivity index (χ0) is 27.8. The van der Waals surface area contributed by atoms with Crippen molar-refractivity contribution in [2.24, 2.45) is 5.92 Å². The molecule has 9 heteroatoms. The second-order valence-electron chi connectivity index (χ2n) is 9.72. The van der Waals surface area contributed by atoms with E-state index in [1.807, 2.05) is 4.90 Å². The molecule has 3 rings (SSSR count). The molecule has 1 amide bonds. The van der Waals surface area contributed by atoms with Gasteiger partial charge in [0.05, 0.1) is 26.7 Å². The summed E-state index contributed by atoms with van der Waals surface area (Å²) in [6.07, 6.45) is 3.63. The summed E-state index contributed by atoms with van der Waals surface area (Å²) in [6.45, 7) is 5.55. The number of ether oxygens (including phenoxy) is 2. The number of hydrogen-bond donors (Lipinski definition) is 1. The Labute approximate surface area is 223 Å². The van der Waals surface area contributed by atoms with Crippen molar-refractivity contribution in [1.29, 1.82) is 0 Å². The van der Waals surface area contributed by atoms with Gasteiger partial charge in [0.1, 0.15) is 0 Å².